The van der Waals surface area contributed by atoms with Crippen LogP contribution < -0.4 is 9.21 Å². The first-order valence-electron chi connectivity index (χ1n) is 10.4. The molecule has 0 saturated carbocycles. The summed E-state index contributed by atoms with van der Waals surface area (Å²) in [7, 11) is -3.78. The Morgan fingerprint density at radius 2 is 1.84 bits per heavy atom. The van der Waals surface area contributed by atoms with Crippen molar-refractivity contribution in [2.75, 3.05) is 22.3 Å². The van der Waals surface area contributed by atoms with Crippen LogP contribution in [0.15, 0.2) is 41.3 Å². The van der Waals surface area contributed by atoms with E-state index in [0.717, 1.165) is 16.7 Å². The topological polar surface area (TPSA) is 95.0 Å². The Kier molecular flexibility index (Phi) is 6.69. The Morgan fingerprint density at radius 1 is 1.10 bits per heavy atom. The summed E-state index contributed by atoms with van der Waals surface area (Å²) in [5.74, 6) is -1.28. The molecular formula is C23H28N2O5S. The highest BCUT2D eigenvalue weighted by atomic mass is 32.2. The predicted octanol–water partition coefficient (Wildman–Crippen LogP) is 3.66. The van der Waals surface area contributed by atoms with Gasteiger partial charge in [0, 0.05) is 25.2 Å². The van der Waals surface area contributed by atoms with Gasteiger partial charge in [-0.1, -0.05) is 19.1 Å². The van der Waals surface area contributed by atoms with Crippen molar-refractivity contribution in [2.24, 2.45) is 0 Å². The van der Waals surface area contributed by atoms with Crippen molar-refractivity contribution < 1.29 is 23.1 Å². The molecule has 0 aromatic heterocycles. The highest BCUT2D eigenvalue weighted by Gasteiger charge is 2.30. The van der Waals surface area contributed by atoms with Crippen LogP contribution in [0.3, 0.4) is 0 Å². The summed E-state index contributed by atoms with van der Waals surface area (Å²) in [6.07, 6.45) is 0.906. The number of carbonyl (C=O) groups excluding carboxylic acids is 1. The molecule has 1 aliphatic rings. The minimum atomic E-state index is -3.78. The summed E-state index contributed by atoms with van der Waals surface area (Å²) in [5.41, 5.74) is 3.98. The van der Waals surface area contributed by atoms with Gasteiger partial charge in [0.2, 0.25) is 5.91 Å². The number of sulfonamides is 1. The minimum absolute atomic E-state index is 0.0776. The maximum atomic E-state index is 13.6. The van der Waals surface area contributed by atoms with E-state index in [2.05, 4.69) is 0 Å². The van der Waals surface area contributed by atoms with Gasteiger partial charge in [0.05, 0.1) is 17.0 Å². The number of fused-ring (bicyclic) bond motifs is 1. The van der Waals surface area contributed by atoms with Gasteiger partial charge in [-0.05, 0) is 67.6 Å². The lowest BCUT2D eigenvalue weighted by Crippen LogP contribution is -2.32. The molecule has 0 saturated heterocycles. The van der Waals surface area contributed by atoms with Crippen LogP contribution in [-0.2, 0) is 26.0 Å². The van der Waals surface area contributed by atoms with E-state index in [4.69, 9.17) is 5.11 Å². The van der Waals surface area contributed by atoms with E-state index in [-0.39, 0.29) is 23.6 Å². The average molecular weight is 445 g/mol. The van der Waals surface area contributed by atoms with Crippen molar-refractivity contribution in [2.45, 2.75) is 51.3 Å². The van der Waals surface area contributed by atoms with E-state index in [1.165, 1.54) is 10.4 Å². The van der Waals surface area contributed by atoms with Gasteiger partial charge in [0.25, 0.3) is 10.0 Å². The summed E-state index contributed by atoms with van der Waals surface area (Å²) >= 11 is 0. The molecule has 2 aromatic rings. The Bertz CT molecular complexity index is 1110. The van der Waals surface area contributed by atoms with Gasteiger partial charge in [-0.3, -0.25) is 13.9 Å². The number of nitrogens with zero attached hydrogens (tertiary/aromatic N) is 2. The SMILES string of the molecule is CCCN(c1cc(C)ccc1C)S(=O)(=O)c1ccc2c(c1)CCN2C(=O)CCC(=O)O. The molecule has 0 bridgehead atoms. The molecule has 0 fully saturated rings. The van der Waals surface area contributed by atoms with Gasteiger partial charge in [0.1, 0.15) is 0 Å². The third-order valence-corrected chi connectivity index (χ3v) is 7.26. The Balaban J connectivity index is 1.94. The second kappa shape index (κ2) is 9.09. The van der Waals surface area contributed by atoms with Crippen LogP contribution in [0, 0.1) is 13.8 Å². The minimum Gasteiger partial charge on any atom is -0.481 e. The third-order valence-electron chi connectivity index (χ3n) is 5.45. The Labute approximate surface area is 183 Å². The number of aliphatic carboxylic acids is 1. The molecule has 31 heavy (non-hydrogen) atoms. The van der Waals surface area contributed by atoms with Crippen LogP contribution in [0.5, 0.6) is 0 Å². The molecule has 8 heteroatoms. The number of benzene rings is 2. The van der Waals surface area contributed by atoms with Crippen molar-refractivity contribution in [3.05, 3.63) is 53.1 Å². The van der Waals surface area contributed by atoms with E-state index >= 15 is 0 Å². The summed E-state index contributed by atoms with van der Waals surface area (Å²) in [6.45, 7) is 6.56. The molecular weight excluding hydrogens is 416 g/mol. The number of hydrogen-bond donors (Lipinski definition) is 1. The molecule has 1 aliphatic heterocycles. The molecule has 0 radical (unpaired) electrons. The van der Waals surface area contributed by atoms with Crippen molar-refractivity contribution in [3.8, 4) is 0 Å². The Morgan fingerprint density at radius 3 is 2.52 bits per heavy atom. The van der Waals surface area contributed by atoms with Crippen LogP contribution >= 0.6 is 0 Å². The number of hydrogen-bond acceptors (Lipinski definition) is 4. The predicted molar refractivity (Wildman–Crippen MR) is 120 cm³/mol. The van der Waals surface area contributed by atoms with Gasteiger partial charge in [0.15, 0.2) is 0 Å². The highest BCUT2D eigenvalue weighted by molar-refractivity contribution is 7.92. The molecule has 1 N–H and O–H groups in total. The van der Waals surface area contributed by atoms with Crippen molar-refractivity contribution in [1.29, 1.82) is 0 Å². The van der Waals surface area contributed by atoms with E-state index in [1.54, 1.807) is 17.0 Å². The number of amides is 1. The lowest BCUT2D eigenvalue weighted by molar-refractivity contribution is -0.138. The van der Waals surface area contributed by atoms with Gasteiger partial charge < -0.3 is 10.0 Å². The summed E-state index contributed by atoms with van der Waals surface area (Å²) < 4.78 is 28.6. The van der Waals surface area contributed by atoms with Gasteiger partial charge in [-0.15, -0.1) is 0 Å². The number of anilines is 2. The molecule has 2 aromatic carbocycles. The Hall–Kier alpha value is -2.87. The molecule has 3 rings (SSSR count). The molecule has 1 amide bonds. The molecule has 7 nitrogen and oxygen atoms in total. The first-order valence-corrected chi connectivity index (χ1v) is 11.8. The first kappa shape index (κ1) is 22.8. The largest absolute Gasteiger partial charge is 0.481 e. The lowest BCUT2D eigenvalue weighted by atomic mass is 10.1. The van der Waals surface area contributed by atoms with Gasteiger partial charge in [-0.2, -0.15) is 0 Å². The van der Waals surface area contributed by atoms with Crippen LogP contribution in [0.25, 0.3) is 0 Å². The smallest absolute Gasteiger partial charge is 0.303 e. The quantitative estimate of drug-likeness (QED) is 0.670. The molecule has 1 heterocycles. The molecule has 0 spiro atoms. The molecule has 0 unspecified atom stereocenters. The molecule has 166 valence electrons. The normalized spacial score (nSPS) is 13.2. The fourth-order valence-electron chi connectivity index (χ4n) is 3.84. The van der Waals surface area contributed by atoms with Gasteiger partial charge >= 0.3 is 5.97 Å². The van der Waals surface area contributed by atoms with E-state index in [0.29, 0.717) is 37.3 Å². The summed E-state index contributed by atoms with van der Waals surface area (Å²) in [5, 5.41) is 8.81. The van der Waals surface area contributed by atoms with E-state index in [1.807, 2.05) is 39.0 Å². The zero-order chi connectivity index (χ0) is 22.8. The molecule has 0 aliphatic carbocycles. The number of rotatable bonds is 8. The number of carboxylic acid groups (broad SMARTS) is 1. The van der Waals surface area contributed by atoms with Crippen molar-refractivity contribution >= 4 is 33.3 Å². The average Bonchev–Trinajstić information content (AvgIpc) is 3.15. The maximum Gasteiger partial charge on any atom is 0.303 e. The maximum absolute atomic E-state index is 13.6. The monoisotopic (exact) mass is 444 g/mol. The summed E-state index contributed by atoms with van der Waals surface area (Å²) in [6, 6.07) is 10.6. The lowest BCUT2D eigenvalue weighted by Gasteiger charge is -2.26. The number of carbonyl (C=O) groups is 2. The van der Waals surface area contributed by atoms with Crippen LogP contribution in [0.1, 0.15) is 42.9 Å². The number of aryl methyl sites for hydroxylation is 2. The van der Waals surface area contributed by atoms with Gasteiger partial charge in [-0.25, -0.2) is 8.42 Å². The second-order valence-electron chi connectivity index (χ2n) is 7.85. The first-order chi connectivity index (χ1) is 14.6. The van der Waals surface area contributed by atoms with Crippen LogP contribution in [0.2, 0.25) is 0 Å². The fraction of sp³-hybridized carbons (Fsp3) is 0.391. The van der Waals surface area contributed by atoms with Crippen molar-refractivity contribution in [1.82, 2.24) is 0 Å². The van der Waals surface area contributed by atoms with E-state index in [9.17, 15) is 18.0 Å². The zero-order valence-electron chi connectivity index (χ0n) is 18.1. The highest BCUT2D eigenvalue weighted by Crippen LogP contribution is 2.34. The zero-order valence-corrected chi connectivity index (χ0v) is 18.9. The van der Waals surface area contributed by atoms with E-state index < -0.39 is 16.0 Å². The van der Waals surface area contributed by atoms with Crippen molar-refractivity contribution in [3.63, 3.8) is 0 Å². The summed E-state index contributed by atoms with van der Waals surface area (Å²) in [4.78, 5) is 24.9. The second-order valence-corrected chi connectivity index (χ2v) is 9.71. The number of carboxylic acids is 1. The third kappa shape index (κ3) is 4.74. The van der Waals surface area contributed by atoms with Crippen LogP contribution in [-0.4, -0.2) is 38.5 Å². The molecule has 0 atom stereocenters. The fourth-order valence-corrected chi connectivity index (χ4v) is 5.50. The standard InChI is InChI=1S/C23H28N2O5S/c1-4-12-25(21-14-16(2)5-6-17(21)3)31(29,30)19-7-8-20-18(15-19)11-13-24(20)22(26)9-10-23(27)28/h5-8,14-15H,4,9-13H2,1-3H3,(H,27,28). The van der Waals surface area contributed by atoms with Crippen LogP contribution in [0.4, 0.5) is 11.4 Å².